The number of amides is 2. The highest BCUT2D eigenvalue weighted by molar-refractivity contribution is 6.03. The number of aromatic nitrogens is 1. The van der Waals surface area contributed by atoms with E-state index in [9.17, 15) is 9.59 Å². The number of nitrogens with zero attached hydrogens (tertiary/aromatic N) is 2. The molecule has 1 N–H and O–H groups in total. The zero-order chi connectivity index (χ0) is 18.5. The maximum atomic E-state index is 12.5. The van der Waals surface area contributed by atoms with Crippen LogP contribution in [0.15, 0.2) is 42.6 Å². The standard InChI is InChI=1S/C21H25N3O2/c1-3-4-7-16-8-10-18(11-9-16)24-14-17(13-19(24)25)21(26)23-20-15(2)6-5-12-22-20/h5-6,8-12,17H,3-4,7,13-14H2,1-2H3,(H,22,23,26). The number of carbonyl (C=O) groups is 2. The van der Waals surface area contributed by atoms with Gasteiger partial charge in [-0.05, 0) is 49.1 Å². The Kier molecular flexibility index (Phi) is 5.66. The molecule has 2 amide bonds. The van der Waals surface area contributed by atoms with Gasteiger partial charge in [-0.15, -0.1) is 0 Å². The summed E-state index contributed by atoms with van der Waals surface area (Å²) in [5, 5.41) is 2.85. The maximum absolute atomic E-state index is 12.5. The normalized spacial score (nSPS) is 16.8. The monoisotopic (exact) mass is 351 g/mol. The first-order chi connectivity index (χ1) is 12.6. The highest BCUT2D eigenvalue weighted by Crippen LogP contribution is 2.26. The Morgan fingerprint density at radius 3 is 2.73 bits per heavy atom. The minimum absolute atomic E-state index is 0.01000. The summed E-state index contributed by atoms with van der Waals surface area (Å²) < 4.78 is 0. The van der Waals surface area contributed by atoms with Gasteiger partial charge in [-0.3, -0.25) is 9.59 Å². The van der Waals surface area contributed by atoms with Crippen LogP contribution >= 0.6 is 0 Å². The number of benzene rings is 1. The van der Waals surface area contributed by atoms with E-state index >= 15 is 0 Å². The SMILES string of the molecule is CCCCc1ccc(N2CC(C(=O)Nc3ncccc3C)CC2=O)cc1. The molecule has 5 nitrogen and oxygen atoms in total. The number of pyridine rings is 1. The van der Waals surface area contributed by atoms with Crippen molar-refractivity contribution in [3.8, 4) is 0 Å². The van der Waals surface area contributed by atoms with E-state index in [1.54, 1.807) is 11.1 Å². The third-order valence-corrected chi connectivity index (χ3v) is 4.81. The molecule has 3 rings (SSSR count). The maximum Gasteiger partial charge on any atom is 0.230 e. The third-order valence-electron chi connectivity index (χ3n) is 4.81. The predicted octanol–water partition coefficient (Wildman–Crippen LogP) is 3.72. The van der Waals surface area contributed by atoms with Crippen LogP contribution in [0.5, 0.6) is 0 Å². The molecular formula is C21H25N3O2. The van der Waals surface area contributed by atoms with Gasteiger partial charge in [-0.25, -0.2) is 4.98 Å². The summed E-state index contributed by atoms with van der Waals surface area (Å²) in [5.74, 6) is 0.0405. The van der Waals surface area contributed by atoms with E-state index < -0.39 is 0 Å². The smallest absolute Gasteiger partial charge is 0.230 e. The highest BCUT2D eigenvalue weighted by Gasteiger charge is 2.35. The van der Waals surface area contributed by atoms with Crippen molar-refractivity contribution in [3.63, 3.8) is 0 Å². The number of hydrogen-bond acceptors (Lipinski definition) is 3. The third kappa shape index (κ3) is 4.10. The lowest BCUT2D eigenvalue weighted by molar-refractivity contribution is -0.122. The summed E-state index contributed by atoms with van der Waals surface area (Å²) in [7, 11) is 0. The molecule has 1 aromatic carbocycles. The molecule has 0 bridgehead atoms. The number of rotatable bonds is 6. The lowest BCUT2D eigenvalue weighted by Gasteiger charge is -2.17. The van der Waals surface area contributed by atoms with Gasteiger partial charge in [0, 0.05) is 24.8 Å². The van der Waals surface area contributed by atoms with Crippen molar-refractivity contribution >= 4 is 23.3 Å². The minimum atomic E-state index is -0.358. The van der Waals surface area contributed by atoms with Crippen molar-refractivity contribution in [3.05, 3.63) is 53.7 Å². The molecular weight excluding hydrogens is 326 g/mol. The molecule has 2 aromatic rings. The largest absolute Gasteiger partial charge is 0.312 e. The van der Waals surface area contributed by atoms with Crippen molar-refractivity contribution in [2.75, 3.05) is 16.8 Å². The van der Waals surface area contributed by atoms with Gasteiger partial charge in [0.15, 0.2) is 0 Å². The second-order valence-electron chi connectivity index (χ2n) is 6.83. The first kappa shape index (κ1) is 18.1. The first-order valence-corrected chi connectivity index (χ1v) is 9.20. The van der Waals surface area contributed by atoms with Crippen LogP contribution in [0.2, 0.25) is 0 Å². The van der Waals surface area contributed by atoms with Gasteiger partial charge in [0.05, 0.1) is 5.92 Å². The number of aryl methyl sites for hydroxylation is 2. The Labute approximate surface area is 154 Å². The number of anilines is 2. The van der Waals surface area contributed by atoms with Crippen molar-refractivity contribution < 1.29 is 9.59 Å². The fourth-order valence-corrected chi connectivity index (χ4v) is 3.19. The van der Waals surface area contributed by atoms with Crippen LogP contribution in [-0.4, -0.2) is 23.3 Å². The van der Waals surface area contributed by atoms with Crippen LogP contribution in [-0.2, 0) is 16.0 Å². The Morgan fingerprint density at radius 1 is 1.27 bits per heavy atom. The van der Waals surface area contributed by atoms with E-state index in [0.29, 0.717) is 12.4 Å². The van der Waals surface area contributed by atoms with E-state index in [-0.39, 0.29) is 24.2 Å². The average molecular weight is 351 g/mol. The van der Waals surface area contributed by atoms with Gasteiger partial charge < -0.3 is 10.2 Å². The van der Waals surface area contributed by atoms with Crippen LogP contribution < -0.4 is 10.2 Å². The number of unbranched alkanes of at least 4 members (excludes halogenated alkanes) is 1. The lowest BCUT2D eigenvalue weighted by Crippen LogP contribution is -2.28. The fraction of sp³-hybridized carbons (Fsp3) is 0.381. The van der Waals surface area contributed by atoms with E-state index in [0.717, 1.165) is 24.1 Å². The van der Waals surface area contributed by atoms with Gasteiger partial charge in [-0.1, -0.05) is 31.5 Å². The number of nitrogens with one attached hydrogen (secondary N) is 1. The molecule has 1 aliphatic heterocycles. The molecule has 0 spiro atoms. The quantitative estimate of drug-likeness (QED) is 0.863. The molecule has 0 radical (unpaired) electrons. The molecule has 1 aliphatic rings. The first-order valence-electron chi connectivity index (χ1n) is 9.20. The zero-order valence-electron chi connectivity index (χ0n) is 15.4. The van der Waals surface area contributed by atoms with Crippen molar-refractivity contribution in [2.24, 2.45) is 5.92 Å². The van der Waals surface area contributed by atoms with Gasteiger partial charge >= 0.3 is 0 Å². The molecule has 1 saturated heterocycles. The minimum Gasteiger partial charge on any atom is -0.312 e. The van der Waals surface area contributed by atoms with Crippen molar-refractivity contribution in [2.45, 2.75) is 39.5 Å². The molecule has 1 fully saturated rings. The van der Waals surface area contributed by atoms with Gasteiger partial charge in [-0.2, -0.15) is 0 Å². The van der Waals surface area contributed by atoms with Crippen molar-refractivity contribution in [1.82, 2.24) is 4.98 Å². The van der Waals surface area contributed by atoms with E-state index in [1.807, 2.05) is 31.2 Å². The predicted molar refractivity (Wildman–Crippen MR) is 103 cm³/mol. The topological polar surface area (TPSA) is 62.3 Å². The Hall–Kier alpha value is -2.69. The second kappa shape index (κ2) is 8.13. The second-order valence-corrected chi connectivity index (χ2v) is 6.83. The zero-order valence-corrected chi connectivity index (χ0v) is 15.4. The van der Waals surface area contributed by atoms with Gasteiger partial charge in [0.25, 0.3) is 0 Å². The summed E-state index contributed by atoms with van der Waals surface area (Å²) in [4.78, 5) is 30.8. The molecule has 0 saturated carbocycles. The molecule has 5 heteroatoms. The molecule has 2 heterocycles. The lowest BCUT2D eigenvalue weighted by atomic mass is 10.1. The van der Waals surface area contributed by atoms with Crippen LogP contribution in [0.25, 0.3) is 0 Å². The number of hydrogen-bond donors (Lipinski definition) is 1. The Bertz CT molecular complexity index is 786. The Morgan fingerprint density at radius 2 is 2.04 bits per heavy atom. The van der Waals surface area contributed by atoms with E-state index in [2.05, 4.69) is 29.4 Å². The molecule has 1 atom stereocenters. The Balaban J connectivity index is 1.64. The molecule has 1 unspecified atom stereocenters. The summed E-state index contributed by atoms with van der Waals surface area (Å²) in [6, 6.07) is 11.8. The fourth-order valence-electron chi connectivity index (χ4n) is 3.19. The molecule has 1 aromatic heterocycles. The number of carbonyl (C=O) groups excluding carboxylic acids is 2. The van der Waals surface area contributed by atoms with Crippen LogP contribution in [0, 0.1) is 12.8 Å². The van der Waals surface area contributed by atoms with Gasteiger partial charge in [0.2, 0.25) is 11.8 Å². The summed E-state index contributed by atoms with van der Waals surface area (Å²) in [5.41, 5.74) is 3.05. The van der Waals surface area contributed by atoms with E-state index in [1.165, 1.54) is 12.0 Å². The molecule has 26 heavy (non-hydrogen) atoms. The summed E-state index contributed by atoms with van der Waals surface area (Å²) >= 11 is 0. The van der Waals surface area contributed by atoms with Gasteiger partial charge in [0.1, 0.15) is 5.82 Å². The van der Waals surface area contributed by atoms with Crippen LogP contribution in [0.4, 0.5) is 11.5 Å². The summed E-state index contributed by atoms with van der Waals surface area (Å²) in [6.45, 7) is 4.48. The highest BCUT2D eigenvalue weighted by atomic mass is 16.2. The van der Waals surface area contributed by atoms with Crippen LogP contribution in [0.1, 0.15) is 37.3 Å². The molecule has 0 aliphatic carbocycles. The molecule has 136 valence electrons. The van der Waals surface area contributed by atoms with E-state index in [4.69, 9.17) is 0 Å². The van der Waals surface area contributed by atoms with Crippen LogP contribution in [0.3, 0.4) is 0 Å². The van der Waals surface area contributed by atoms with Crippen molar-refractivity contribution in [1.29, 1.82) is 0 Å². The summed E-state index contributed by atoms with van der Waals surface area (Å²) in [6.07, 6.45) is 5.26. The average Bonchev–Trinajstić information content (AvgIpc) is 3.04.